The van der Waals surface area contributed by atoms with Crippen LogP contribution in [0, 0.1) is 11.3 Å². The summed E-state index contributed by atoms with van der Waals surface area (Å²) in [7, 11) is 0. The van der Waals surface area contributed by atoms with Crippen molar-refractivity contribution in [1.82, 2.24) is 5.32 Å². The molecule has 2 N–H and O–H groups in total. The number of hydrogen-bond donors (Lipinski definition) is 2. The lowest BCUT2D eigenvalue weighted by Crippen LogP contribution is -2.44. The Hall–Kier alpha value is -0.0800. The minimum atomic E-state index is 0.323. The van der Waals surface area contributed by atoms with E-state index in [-0.39, 0.29) is 0 Å². The molecule has 0 aromatic rings. The molecule has 0 saturated heterocycles. The van der Waals surface area contributed by atoms with Gasteiger partial charge in [0.05, 0.1) is 0 Å². The summed E-state index contributed by atoms with van der Waals surface area (Å²) in [5.74, 6) is 0.924. The van der Waals surface area contributed by atoms with E-state index in [1.165, 1.54) is 12.8 Å². The van der Waals surface area contributed by atoms with Crippen molar-refractivity contribution < 1.29 is 5.11 Å². The maximum atomic E-state index is 8.78. The van der Waals surface area contributed by atoms with Crippen LogP contribution >= 0.6 is 0 Å². The van der Waals surface area contributed by atoms with Crippen LogP contribution in [0.25, 0.3) is 0 Å². The van der Waals surface area contributed by atoms with Crippen molar-refractivity contribution in [2.24, 2.45) is 11.3 Å². The summed E-state index contributed by atoms with van der Waals surface area (Å²) >= 11 is 0. The Kier molecular flexibility index (Phi) is 4.39. The van der Waals surface area contributed by atoms with Crippen LogP contribution in [-0.4, -0.2) is 24.3 Å². The average Bonchev–Trinajstić information content (AvgIpc) is 2.07. The normalized spacial score (nSPS) is 27.4. The van der Waals surface area contributed by atoms with Crippen LogP contribution < -0.4 is 5.32 Å². The molecule has 0 aromatic heterocycles. The first-order chi connectivity index (χ1) is 6.53. The highest BCUT2D eigenvalue weighted by Crippen LogP contribution is 2.28. The molecule has 0 atom stereocenters. The van der Waals surface area contributed by atoms with Crippen molar-refractivity contribution in [3.8, 4) is 0 Å². The maximum absolute atomic E-state index is 8.78. The number of rotatable bonds is 6. The van der Waals surface area contributed by atoms with E-state index >= 15 is 0 Å². The molecule has 0 bridgehead atoms. The monoisotopic (exact) mass is 199 g/mol. The molecule has 0 aromatic carbocycles. The number of nitrogens with one attached hydrogen (secondary N) is 1. The second-order valence-electron chi connectivity index (χ2n) is 5.65. The van der Waals surface area contributed by atoms with E-state index in [1.807, 2.05) is 0 Å². The van der Waals surface area contributed by atoms with Crippen molar-refractivity contribution in [2.45, 2.75) is 52.5 Å². The molecule has 0 radical (unpaired) electrons. The van der Waals surface area contributed by atoms with Gasteiger partial charge in [0.1, 0.15) is 0 Å². The maximum Gasteiger partial charge on any atom is 0.0431 e. The highest BCUT2D eigenvalue weighted by molar-refractivity contribution is 4.84. The molecule has 1 aliphatic rings. The molecule has 1 rings (SSSR count). The summed E-state index contributed by atoms with van der Waals surface area (Å²) in [6, 6.07) is 0.762. The standard InChI is InChI=1S/C12H25NO/c1-10-7-11(8-10)13-9-12(2,3)5-4-6-14/h10-11,13-14H,4-9H2,1-3H3. The third-order valence-corrected chi connectivity index (χ3v) is 3.25. The van der Waals surface area contributed by atoms with E-state index in [9.17, 15) is 0 Å². The smallest absolute Gasteiger partial charge is 0.0431 e. The average molecular weight is 199 g/mol. The van der Waals surface area contributed by atoms with E-state index < -0.39 is 0 Å². The van der Waals surface area contributed by atoms with Gasteiger partial charge in [-0.15, -0.1) is 0 Å². The lowest BCUT2D eigenvalue weighted by Gasteiger charge is -2.36. The third-order valence-electron chi connectivity index (χ3n) is 3.25. The number of aliphatic hydroxyl groups excluding tert-OH is 1. The quantitative estimate of drug-likeness (QED) is 0.687. The molecule has 2 nitrogen and oxygen atoms in total. The van der Waals surface area contributed by atoms with E-state index in [2.05, 4.69) is 26.1 Å². The number of hydrogen-bond acceptors (Lipinski definition) is 2. The van der Waals surface area contributed by atoms with Gasteiger partial charge in [-0.1, -0.05) is 20.8 Å². The molecule has 0 amide bonds. The second kappa shape index (κ2) is 5.13. The molecule has 0 heterocycles. The Morgan fingerprint density at radius 3 is 2.50 bits per heavy atom. The van der Waals surface area contributed by atoms with Gasteiger partial charge in [0, 0.05) is 19.2 Å². The third kappa shape index (κ3) is 3.97. The van der Waals surface area contributed by atoms with Gasteiger partial charge in [-0.05, 0) is 37.0 Å². The molecule has 1 saturated carbocycles. The topological polar surface area (TPSA) is 32.3 Å². The van der Waals surface area contributed by atoms with E-state index in [1.54, 1.807) is 0 Å². The first kappa shape index (κ1) is 12.0. The fourth-order valence-electron chi connectivity index (χ4n) is 2.14. The molecule has 1 fully saturated rings. The van der Waals surface area contributed by atoms with Gasteiger partial charge in [-0.3, -0.25) is 0 Å². The van der Waals surface area contributed by atoms with Gasteiger partial charge < -0.3 is 10.4 Å². The van der Waals surface area contributed by atoms with Crippen molar-refractivity contribution in [2.75, 3.05) is 13.2 Å². The minimum Gasteiger partial charge on any atom is -0.396 e. The van der Waals surface area contributed by atoms with E-state index in [4.69, 9.17) is 5.11 Å². The zero-order chi connectivity index (χ0) is 10.6. The van der Waals surface area contributed by atoms with E-state index in [0.29, 0.717) is 12.0 Å². The van der Waals surface area contributed by atoms with Crippen molar-refractivity contribution in [1.29, 1.82) is 0 Å². The first-order valence-corrected chi connectivity index (χ1v) is 5.88. The van der Waals surface area contributed by atoms with Gasteiger partial charge in [-0.25, -0.2) is 0 Å². The summed E-state index contributed by atoms with van der Waals surface area (Å²) in [6.45, 7) is 8.28. The SMILES string of the molecule is CC1CC(NCC(C)(C)CCCO)C1. The van der Waals surface area contributed by atoms with Crippen molar-refractivity contribution in [3.63, 3.8) is 0 Å². The van der Waals surface area contributed by atoms with Crippen LogP contribution in [-0.2, 0) is 0 Å². The molecule has 0 aliphatic heterocycles. The summed E-state index contributed by atoms with van der Waals surface area (Å²) in [4.78, 5) is 0. The molecular weight excluding hydrogens is 174 g/mol. The Morgan fingerprint density at radius 1 is 1.36 bits per heavy atom. The summed E-state index contributed by atoms with van der Waals surface area (Å²) < 4.78 is 0. The zero-order valence-electron chi connectivity index (χ0n) is 9.84. The van der Waals surface area contributed by atoms with Gasteiger partial charge in [0.2, 0.25) is 0 Å². The number of aliphatic hydroxyl groups is 1. The van der Waals surface area contributed by atoms with Crippen LogP contribution in [0.1, 0.15) is 46.5 Å². The predicted octanol–water partition coefficient (Wildman–Crippen LogP) is 2.17. The summed E-state index contributed by atoms with van der Waals surface area (Å²) in [5.41, 5.74) is 0.335. The zero-order valence-corrected chi connectivity index (χ0v) is 9.84. The second-order valence-corrected chi connectivity index (χ2v) is 5.65. The molecular formula is C12H25NO. The van der Waals surface area contributed by atoms with Gasteiger partial charge >= 0.3 is 0 Å². The van der Waals surface area contributed by atoms with Crippen LogP contribution in [0.4, 0.5) is 0 Å². The Bertz CT molecular complexity index is 162. The minimum absolute atomic E-state index is 0.323. The fourth-order valence-corrected chi connectivity index (χ4v) is 2.14. The van der Waals surface area contributed by atoms with Crippen molar-refractivity contribution >= 4 is 0 Å². The molecule has 2 heteroatoms. The van der Waals surface area contributed by atoms with Gasteiger partial charge in [0.15, 0.2) is 0 Å². The lowest BCUT2D eigenvalue weighted by atomic mass is 9.80. The Labute approximate surface area is 88.1 Å². The van der Waals surface area contributed by atoms with Gasteiger partial charge in [0.25, 0.3) is 0 Å². The fraction of sp³-hybridized carbons (Fsp3) is 1.00. The van der Waals surface area contributed by atoms with Crippen LogP contribution in [0.3, 0.4) is 0 Å². The summed E-state index contributed by atoms with van der Waals surface area (Å²) in [6.07, 6.45) is 4.72. The highest BCUT2D eigenvalue weighted by atomic mass is 16.2. The molecule has 84 valence electrons. The van der Waals surface area contributed by atoms with Crippen LogP contribution in [0.2, 0.25) is 0 Å². The Morgan fingerprint density at radius 2 is 2.00 bits per heavy atom. The highest BCUT2D eigenvalue weighted by Gasteiger charge is 2.26. The van der Waals surface area contributed by atoms with Crippen LogP contribution in [0.15, 0.2) is 0 Å². The largest absolute Gasteiger partial charge is 0.396 e. The van der Waals surface area contributed by atoms with Gasteiger partial charge in [-0.2, -0.15) is 0 Å². The predicted molar refractivity (Wildman–Crippen MR) is 60.3 cm³/mol. The molecule has 0 unspecified atom stereocenters. The summed E-state index contributed by atoms with van der Waals surface area (Å²) in [5, 5.41) is 12.4. The lowest BCUT2D eigenvalue weighted by molar-refractivity contribution is 0.193. The molecule has 14 heavy (non-hydrogen) atoms. The van der Waals surface area contributed by atoms with Crippen molar-refractivity contribution in [3.05, 3.63) is 0 Å². The first-order valence-electron chi connectivity index (χ1n) is 5.88. The molecule has 1 aliphatic carbocycles. The van der Waals surface area contributed by atoms with E-state index in [0.717, 1.165) is 31.3 Å². The Balaban J connectivity index is 2.09. The van der Waals surface area contributed by atoms with Crippen LogP contribution in [0.5, 0.6) is 0 Å². The molecule has 0 spiro atoms.